The average Bonchev–Trinajstić information content (AvgIpc) is 2.87. The molecule has 0 bridgehead atoms. The number of carbonyl (C=O) groups excluding carboxylic acids is 1. The van der Waals surface area contributed by atoms with Gasteiger partial charge in [0.05, 0.1) is 0 Å². The van der Waals surface area contributed by atoms with E-state index < -0.39 is 0 Å². The SMILES string of the molecule is CN(C)c1cccc(NC(=O)Nc2cc(C(C)(C)C)on2)c1. The van der Waals surface area contributed by atoms with Crippen LogP contribution in [0.3, 0.4) is 0 Å². The lowest BCUT2D eigenvalue weighted by Gasteiger charge is -2.14. The fourth-order valence-electron chi connectivity index (χ4n) is 1.83. The lowest BCUT2D eigenvalue weighted by molar-refractivity contribution is 0.262. The molecule has 1 aromatic carbocycles. The van der Waals surface area contributed by atoms with E-state index in [1.54, 1.807) is 6.07 Å². The molecule has 2 aromatic rings. The van der Waals surface area contributed by atoms with Crippen molar-refractivity contribution >= 4 is 23.2 Å². The van der Waals surface area contributed by atoms with Crippen LogP contribution in [-0.2, 0) is 5.41 Å². The second kappa shape index (κ2) is 6.09. The summed E-state index contributed by atoms with van der Waals surface area (Å²) in [4.78, 5) is 14.0. The Labute approximate surface area is 130 Å². The van der Waals surface area contributed by atoms with Crippen LogP contribution in [0.2, 0.25) is 0 Å². The molecule has 0 aliphatic rings. The Bertz CT molecular complexity index is 656. The van der Waals surface area contributed by atoms with Crippen molar-refractivity contribution in [2.24, 2.45) is 0 Å². The molecule has 2 N–H and O–H groups in total. The molecule has 1 heterocycles. The van der Waals surface area contributed by atoms with Crippen molar-refractivity contribution in [2.75, 3.05) is 29.6 Å². The number of nitrogens with zero attached hydrogens (tertiary/aromatic N) is 2. The smallest absolute Gasteiger partial charge is 0.324 e. The van der Waals surface area contributed by atoms with Crippen LogP contribution in [0.25, 0.3) is 0 Å². The standard InChI is InChI=1S/C16H22N4O2/c1-16(2,3)13-10-14(19-22-13)18-15(21)17-11-7-6-8-12(9-11)20(4)5/h6-10H,1-5H3,(H2,17,18,19,21). The van der Waals surface area contributed by atoms with Crippen molar-refractivity contribution in [2.45, 2.75) is 26.2 Å². The molecule has 0 saturated heterocycles. The van der Waals surface area contributed by atoms with E-state index in [0.717, 1.165) is 11.4 Å². The summed E-state index contributed by atoms with van der Waals surface area (Å²) in [7, 11) is 3.89. The number of hydrogen-bond donors (Lipinski definition) is 2. The normalized spacial score (nSPS) is 11.1. The highest BCUT2D eigenvalue weighted by Crippen LogP contribution is 2.24. The van der Waals surface area contributed by atoms with Gasteiger partial charge in [0, 0.05) is 37.0 Å². The van der Waals surface area contributed by atoms with Gasteiger partial charge in [-0.05, 0) is 18.2 Å². The van der Waals surface area contributed by atoms with Gasteiger partial charge in [0.2, 0.25) is 0 Å². The van der Waals surface area contributed by atoms with Crippen molar-refractivity contribution in [3.05, 3.63) is 36.1 Å². The molecule has 6 nitrogen and oxygen atoms in total. The summed E-state index contributed by atoms with van der Waals surface area (Å²) >= 11 is 0. The number of nitrogens with one attached hydrogen (secondary N) is 2. The van der Waals surface area contributed by atoms with E-state index in [0.29, 0.717) is 11.5 Å². The van der Waals surface area contributed by atoms with Crippen molar-refractivity contribution < 1.29 is 9.32 Å². The molecule has 22 heavy (non-hydrogen) atoms. The highest BCUT2D eigenvalue weighted by molar-refractivity contribution is 5.99. The molecule has 2 amide bonds. The first-order chi connectivity index (χ1) is 10.3. The van der Waals surface area contributed by atoms with Gasteiger partial charge < -0.3 is 14.7 Å². The minimum atomic E-state index is -0.357. The molecule has 0 aliphatic carbocycles. The van der Waals surface area contributed by atoms with Crippen LogP contribution in [0.5, 0.6) is 0 Å². The molecule has 0 unspecified atom stereocenters. The number of benzene rings is 1. The average molecular weight is 302 g/mol. The second-order valence-electron chi connectivity index (χ2n) is 6.35. The van der Waals surface area contributed by atoms with Crippen LogP contribution >= 0.6 is 0 Å². The highest BCUT2D eigenvalue weighted by Gasteiger charge is 2.20. The van der Waals surface area contributed by atoms with Gasteiger partial charge in [-0.3, -0.25) is 5.32 Å². The van der Waals surface area contributed by atoms with E-state index in [2.05, 4.69) is 15.8 Å². The van der Waals surface area contributed by atoms with Crippen molar-refractivity contribution in [3.8, 4) is 0 Å². The van der Waals surface area contributed by atoms with Crippen LogP contribution in [0.4, 0.5) is 22.0 Å². The van der Waals surface area contributed by atoms with Gasteiger partial charge in [-0.1, -0.05) is 32.0 Å². The number of amides is 2. The third kappa shape index (κ3) is 4.00. The maximum absolute atomic E-state index is 12.0. The number of anilines is 3. The van der Waals surface area contributed by atoms with Gasteiger partial charge in [-0.15, -0.1) is 0 Å². The largest absolute Gasteiger partial charge is 0.378 e. The van der Waals surface area contributed by atoms with Gasteiger partial charge in [0.1, 0.15) is 5.76 Å². The monoisotopic (exact) mass is 302 g/mol. The molecule has 0 radical (unpaired) electrons. The quantitative estimate of drug-likeness (QED) is 0.907. The fraction of sp³-hybridized carbons (Fsp3) is 0.375. The van der Waals surface area contributed by atoms with Gasteiger partial charge in [0.15, 0.2) is 5.82 Å². The van der Waals surface area contributed by atoms with Crippen LogP contribution in [-0.4, -0.2) is 25.3 Å². The lowest BCUT2D eigenvalue weighted by Crippen LogP contribution is -2.20. The van der Waals surface area contributed by atoms with E-state index in [1.807, 2.05) is 64.0 Å². The molecular weight excluding hydrogens is 280 g/mol. The first-order valence-corrected chi connectivity index (χ1v) is 7.08. The predicted octanol–water partition coefficient (Wildman–Crippen LogP) is 3.68. The lowest BCUT2D eigenvalue weighted by atomic mass is 9.93. The van der Waals surface area contributed by atoms with Crippen LogP contribution in [0.1, 0.15) is 26.5 Å². The Kier molecular flexibility index (Phi) is 4.40. The Balaban J connectivity index is 2.01. The minimum absolute atomic E-state index is 0.149. The number of hydrogen-bond acceptors (Lipinski definition) is 4. The highest BCUT2D eigenvalue weighted by atomic mass is 16.5. The van der Waals surface area contributed by atoms with Gasteiger partial charge in [0.25, 0.3) is 0 Å². The molecule has 0 spiro atoms. The van der Waals surface area contributed by atoms with Crippen LogP contribution < -0.4 is 15.5 Å². The zero-order chi connectivity index (χ0) is 16.3. The zero-order valence-corrected chi connectivity index (χ0v) is 13.6. The summed E-state index contributed by atoms with van der Waals surface area (Å²) < 4.78 is 5.23. The summed E-state index contributed by atoms with van der Waals surface area (Å²) in [6.45, 7) is 6.05. The molecular formula is C16H22N4O2. The van der Waals surface area contributed by atoms with Crippen LogP contribution in [0, 0.1) is 0 Å². The topological polar surface area (TPSA) is 70.4 Å². The van der Waals surface area contributed by atoms with E-state index in [9.17, 15) is 4.79 Å². The van der Waals surface area contributed by atoms with Gasteiger partial charge in [-0.25, -0.2) is 4.79 Å². The summed E-state index contributed by atoms with van der Waals surface area (Å²) in [6, 6.07) is 8.95. The van der Waals surface area contributed by atoms with E-state index >= 15 is 0 Å². The fourth-order valence-corrected chi connectivity index (χ4v) is 1.83. The first-order valence-electron chi connectivity index (χ1n) is 7.08. The predicted molar refractivity (Wildman–Crippen MR) is 88.6 cm³/mol. The Morgan fingerprint density at radius 2 is 1.91 bits per heavy atom. The second-order valence-corrected chi connectivity index (χ2v) is 6.35. The van der Waals surface area contributed by atoms with E-state index in [1.165, 1.54) is 0 Å². The van der Waals surface area contributed by atoms with Crippen LogP contribution in [0.15, 0.2) is 34.9 Å². The van der Waals surface area contributed by atoms with Crippen molar-refractivity contribution in [1.29, 1.82) is 0 Å². The Hall–Kier alpha value is -2.50. The molecule has 0 atom stereocenters. The Morgan fingerprint density at radius 3 is 2.50 bits per heavy atom. The van der Waals surface area contributed by atoms with E-state index in [-0.39, 0.29) is 11.4 Å². The molecule has 0 fully saturated rings. The molecule has 2 rings (SSSR count). The minimum Gasteiger partial charge on any atom is -0.378 e. The van der Waals surface area contributed by atoms with E-state index in [4.69, 9.17) is 4.52 Å². The number of aromatic nitrogens is 1. The molecule has 0 saturated carbocycles. The summed E-state index contributed by atoms with van der Waals surface area (Å²) in [6.07, 6.45) is 0. The Morgan fingerprint density at radius 1 is 1.18 bits per heavy atom. The molecule has 0 aliphatic heterocycles. The summed E-state index contributed by atoms with van der Waals surface area (Å²) in [5.74, 6) is 1.11. The van der Waals surface area contributed by atoms with Gasteiger partial charge in [-0.2, -0.15) is 0 Å². The van der Waals surface area contributed by atoms with Crippen molar-refractivity contribution in [1.82, 2.24) is 5.16 Å². The zero-order valence-electron chi connectivity index (χ0n) is 13.6. The summed E-state index contributed by atoms with van der Waals surface area (Å²) in [5, 5.41) is 9.29. The summed E-state index contributed by atoms with van der Waals surface area (Å²) in [5.41, 5.74) is 1.57. The van der Waals surface area contributed by atoms with Crippen molar-refractivity contribution in [3.63, 3.8) is 0 Å². The number of urea groups is 1. The third-order valence-electron chi connectivity index (χ3n) is 3.11. The number of carbonyl (C=O) groups is 1. The third-order valence-corrected chi connectivity index (χ3v) is 3.11. The maximum atomic E-state index is 12.0. The first kappa shape index (κ1) is 15.9. The number of rotatable bonds is 3. The van der Waals surface area contributed by atoms with Gasteiger partial charge >= 0.3 is 6.03 Å². The molecule has 118 valence electrons. The maximum Gasteiger partial charge on any atom is 0.324 e. The molecule has 1 aromatic heterocycles. The molecule has 6 heteroatoms.